The van der Waals surface area contributed by atoms with Gasteiger partial charge < -0.3 is 14.6 Å². The van der Waals surface area contributed by atoms with Crippen molar-refractivity contribution in [3.8, 4) is 0 Å². The van der Waals surface area contributed by atoms with Crippen LogP contribution in [0.3, 0.4) is 0 Å². The molecule has 0 bridgehead atoms. The maximum absolute atomic E-state index is 5.94. The Balaban J connectivity index is 1.82. The van der Waals surface area contributed by atoms with E-state index >= 15 is 0 Å². The van der Waals surface area contributed by atoms with Crippen molar-refractivity contribution in [2.24, 2.45) is 0 Å². The molecule has 0 radical (unpaired) electrons. The first-order valence-electron chi connectivity index (χ1n) is 7.83. The van der Waals surface area contributed by atoms with Crippen molar-refractivity contribution >= 4 is 5.69 Å². The molecule has 0 unspecified atom stereocenters. The maximum Gasteiger partial charge on any atom is 0.123 e. The van der Waals surface area contributed by atoms with Crippen molar-refractivity contribution < 1.29 is 4.42 Å². The zero-order valence-electron chi connectivity index (χ0n) is 13.0. The van der Waals surface area contributed by atoms with Gasteiger partial charge in [0.25, 0.3) is 0 Å². The maximum atomic E-state index is 5.94. The molecule has 112 valence electrons. The molecule has 0 saturated heterocycles. The highest BCUT2D eigenvalue weighted by Crippen LogP contribution is 2.28. The van der Waals surface area contributed by atoms with Gasteiger partial charge in [-0.1, -0.05) is 18.2 Å². The van der Waals surface area contributed by atoms with E-state index < -0.39 is 0 Å². The molecular formula is C18H24N2O. The second-order valence-electron chi connectivity index (χ2n) is 5.83. The van der Waals surface area contributed by atoms with Crippen LogP contribution in [0.1, 0.15) is 35.5 Å². The first kappa shape index (κ1) is 14.2. The van der Waals surface area contributed by atoms with E-state index in [-0.39, 0.29) is 0 Å². The smallest absolute Gasteiger partial charge is 0.123 e. The van der Waals surface area contributed by atoms with Crippen molar-refractivity contribution in [1.29, 1.82) is 0 Å². The van der Waals surface area contributed by atoms with Gasteiger partial charge in [0.1, 0.15) is 11.5 Å². The molecule has 3 heteroatoms. The molecule has 2 aromatic rings. The molecule has 2 heterocycles. The molecule has 0 saturated carbocycles. The Morgan fingerprint density at radius 1 is 1.24 bits per heavy atom. The van der Waals surface area contributed by atoms with Gasteiger partial charge in [-0.25, -0.2) is 0 Å². The predicted molar refractivity (Wildman–Crippen MR) is 86.6 cm³/mol. The third-order valence-electron chi connectivity index (χ3n) is 4.24. The number of hydrogen-bond donors (Lipinski definition) is 1. The Morgan fingerprint density at radius 3 is 2.95 bits per heavy atom. The van der Waals surface area contributed by atoms with E-state index in [1.165, 1.54) is 36.1 Å². The van der Waals surface area contributed by atoms with Crippen LogP contribution in [0.2, 0.25) is 0 Å². The van der Waals surface area contributed by atoms with Crippen LogP contribution in [0, 0.1) is 6.92 Å². The van der Waals surface area contributed by atoms with Gasteiger partial charge in [0.2, 0.25) is 0 Å². The summed E-state index contributed by atoms with van der Waals surface area (Å²) in [6.07, 6.45) is 3.71. The summed E-state index contributed by atoms with van der Waals surface area (Å²) >= 11 is 0. The van der Waals surface area contributed by atoms with Crippen molar-refractivity contribution in [2.75, 3.05) is 18.5 Å². The van der Waals surface area contributed by atoms with Gasteiger partial charge >= 0.3 is 0 Å². The molecule has 1 aliphatic heterocycles. The summed E-state index contributed by atoms with van der Waals surface area (Å²) in [5.74, 6) is 2.09. The lowest BCUT2D eigenvalue weighted by Gasteiger charge is -2.23. The molecule has 0 atom stereocenters. The fourth-order valence-corrected chi connectivity index (χ4v) is 3.15. The van der Waals surface area contributed by atoms with E-state index in [4.69, 9.17) is 4.42 Å². The average Bonchev–Trinajstić information content (AvgIpc) is 2.71. The van der Waals surface area contributed by atoms with Crippen LogP contribution < -0.4 is 10.2 Å². The van der Waals surface area contributed by atoms with E-state index in [1.807, 2.05) is 14.0 Å². The van der Waals surface area contributed by atoms with Gasteiger partial charge in [-0.2, -0.15) is 0 Å². The molecule has 0 aliphatic carbocycles. The summed E-state index contributed by atoms with van der Waals surface area (Å²) in [6.45, 7) is 4.89. The molecule has 1 N–H and O–H groups in total. The van der Waals surface area contributed by atoms with E-state index in [0.29, 0.717) is 0 Å². The van der Waals surface area contributed by atoms with E-state index in [1.54, 1.807) is 0 Å². The van der Waals surface area contributed by atoms with E-state index in [2.05, 4.69) is 40.5 Å². The van der Waals surface area contributed by atoms with Crippen LogP contribution in [-0.2, 0) is 19.5 Å². The second kappa shape index (κ2) is 6.35. The number of hydrogen-bond acceptors (Lipinski definition) is 3. The van der Waals surface area contributed by atoms with Crippen molar-refractivity contribution in [1.82, 2.24) is 5.32 Å². The topological polar surface area (TPSA) is 28.4 Å². The van der Waals surface area contributed by atoms with Gasteiger partial charge in [-0.15, -0.1) is 0 Å². The summed E-state index contributed by atoms with van der Waals surface area (Å²) in [4.78, 5) is 2.46. The largest absolute Gasteiger partial charge is 0.464 e. The highest BCUT2D eigenvalue weighted by Gasteiger charge is 2.17. The number of nitrogens with zero attached hydrogens (tertiary/aromatic N) is 1. The first-order valence-corrected chi connectivity index (χ1v) is 7.83. The number of fused-ring (bicyclic) bond motifs is 1. The number of aryl methyl sites for hydroxylation is 2. The highest BCUT2D eigenvalue weighted by atomic mass is 16.3. The van der Waals surface area contributed by atoms with Crippen LogP contribution in [0.25, 0.3) is 0 Å². The predicted octanol–water partition coefficient (Wildman–Crippen LogP) is 3.65. The molecule has 1 aliphatic rings. The number of nitrogens with one attached hydrogen (secondary N) is 1. The SMILES string of the molecule is CNCc1cc(CN2CCCCc3ccccc32)oc1C. The minimum Gasteiger partial charge on any atom is -0.464 e. The Kier molecular flexibility index (Phi) is 4.30. The van der Waals surface area contributed by atoms with Crippen LogP contribution in [-0.4, -0.2) is 13.6 Å². The van der Waals surface area contributed by atoms with Gasteiger partial charge in [0.15, 0.2) is 0 Å². The normalized spacial score (nSPS) is 14.9. The lowest BCUT2D eigenvalue weighted by molar-refractivity contribution is 0.473. The molecule has 0 spiro atoms. The van der Waals surface area contributed by atoms with Gasteiger partial charge in [-0.05, 0) is 50.9 Å². The van der Waals surface area contributed by atoms with Gasteiger partial charge in [0, 0.05) is 24.3 Å². The third kappa shape index (κ3) is 3.13. The Hall–Kier alpha value is -1.74. The lowest BCUT2D eigenvalue weighted by Crippen LogP contribution is -2.23. The number of rotatable bonds is 4. The molecule has 0 fully saturated rings. The highest BCUT2D eigenvalue weighted by molar-refractivity contribution is 5.54. The van der Waals surface area contributed by atoms with Crippen LogP contribution in [0.15, 0.2) is 34.7 Å². The van der Waals surface area contributed by atoms with E-state index in [0.717, 1.165) is 31.2 Å². The van der Waals surface area contributed by atoms with Crippen LogP contribution in [0.4, 0.5) is 5.69 Å². The molecule has 0 amide bonds. The standard InChI is InChI=1S/C18H24N2O/c1-14-16(12-19-2)11-17(21-14)13-20-10-6-5-8-15-7-3-4-9-18(15)20/h3-4,7,9,11,19H,5-6,8,10,12-13H2,1-2H3. The minimum atomic E-state index is 0.863. The summed E-state index contributed by atoms with van der Waals surface area (Å²) in [5.41, 5.74) is 4.10. The lowest BCUT2D eigenvalue weighted by atomic mass is 10.1. The van der Waals surface area contributed by atoms with Crippen LogP contribution in [0.5, 0.6) is 0 Å². The second-order valence-corrected chi connectivity index (χ2v) is 5.83. The van der Waals surface area contributed by atoms with Crippen LogP contribution >= 0.6 is 0 Å². The zero-order chi connectivity index (χ0) is 14.7. The minimum absolute atomic E-state index is 0.863. The number of benzene rings is 1. The number of para-hydroxylation sites is 1. The summed E-state index contributed by atoms with van der Waals surface area (Å²) < 4.78 is 5.94. The molecule has 3 rings (SSSR count). The van der Waals surface area contributed by atoms with Crippen molar-refractivity contribution in [2.45, 2.75) is 39.3 Å². The molecule has 3 nitrogen and oxygen atoms in total. The Bertz CT molecular complexity index is 603. The molecular weight excluding hydrogens is 260 g/mol. The summed E-state index contributed by atoms with van der Waals surface area (Å²) in [7, 11) is 1.97. The molecule has 1 aromatic heterocycles. The van der Waals surface area contributed by atoms with E-state index in [9.17, 15) is 0 Å². The average molecular weight is 284 g/mol. The number of anilines is 1. The quantitative estimate of drug-likeness (QED) is 0.929. The Morgan fingerprint density at radius 2 is 2.10 bits per heavy atom. The van der Waals surface area contributed by atoms with Crippen molar-refractivity contribution in [3.63, 3.8) is 0 Å². The molecule has 1 aromatic carbocycles. The summed E-state index contributed by atoms with van der Waals surface area (Å²) in [6, 6.07) is 11.0. The molecule has 21 heavy (non-hydrogen) atoms. The Labute approximate surface area is 127 Å². The zero-order valence-corrected chi connectivity index (χ0v) is 13.0. The number of furan rings is 1. The summed E-state index contributed by atoms with van der Waals surface area (Å²) in [5, 5.41) is 3.19. The monoisotopic (exact) mass is 284 g/mol. The van der Waals surface area contributed by atoms with Gasteiger partial charge in [-0.3, -0.25) is 0 Å². The van der Waals surface area contributed by atoms with Crippen molar-refractivity contribution in [3.05, 3.63) is 53.0 Å². The first-order chi connectivity index (χ1) is 10.3. The fraction of sp³-hybridized carbons (Fsp3) is 0.444. The third-order valence-corrected chi connectivity index (χ3v) is 4.24. The fourth-order valence-electron chi connectivity index (χ4n) is 3.15. The van der Waals surface area contributed by atoms with Gasteiger partial charge in [0.05, 0.1) is 6.54 Å².